The summed E-state index contributed by atoms with van der Waals surface area (Å²) in [6, 6.07) is 15.8. The lowest BCUT2D eigenvalue weighted by Crippen LogP contribution is -2.49. The summed E-state index contributed by atoms with van der Waals surface area (Å²) >= 11 is 0. The smallest absolute Gasteiger partial charge is 0.262 e. The predicted octanol–water partition coefficient (Wildman–Crippen LogP) is 2.39. The fourth-order valence-electron chi connectivity index (χ4n) is 4.04. The normalized spacial score (nSPS) is 16.6. The number of fused-ring (bicyclic) bond motifs is 1. The van der Waals surface area contributed by atoms with Gasteiger partial charge in [-0.05, 0) is 39.0 Å². The van der Waals surface area contributed by atoms with Gasteiger partial charge in [-0.1, -0.05) is 30.3 Å². The molecule has 7 nitrogen and oxygen atoms in total. The zero-order valence-electron chi connectivity index (χ0n) is 18.3. The Hall–Kier alpha value is -3.19. The van der Waals surface area contributed by atoms with Gasteiger partial charge in [-0.3, -0.25) is 14.2 Å². The average Bonchev–Trinajstić information content (AvgIpc) is 2.75. The molecule has 0 bridgehead atoms. The number of hydrogen-bond donors (Lipinski definition) is 2. The van der Waals surface area contributed by atoms with Crippen LogP contribution in [0.1, 0.15) is 20.8 Å². The Morgan fingerprint density at radius 1 is 1.23 bits per heavy atom. The van der Waals surface area contributed by atoms with Crippen LogP contribution in [0.2, 0.25) is 0 Å². The summed E-state index contributed by atoms with van der Waals surface area (Å²) in [5.74, 6) is 0.295. The second-order valence-corrected chi connectivity index (χ2v) is 8.42. The van der Waals surface area contributed by atoms with Crippen LogP contribution in [0, 0.1) is 0 Å². The number of piperazine rings is 1. The molecule has 162 valence electrons. The van der Waals surface area contributed by atoms with E-state index in [1.54, 1.807) is 0 Å². The fraction of sp³-hybridized carbons (Fsp3) is 0.375. The second-order valence-electron chi connectivity index (χ2n) is 8.42. The van der Waals surface area contributed by atoms with Gasteiger partial charge in [0, 0.05) is 43.0 Å². The number of nitrogens with zero attached hydrogens (tertiary/aromatic N) is 3. The van der Waals surface area contributed by atoms with Crippen LogP contribution in [0.4, 0.5) is 5.69 Å². The van der Waals surface area contributed by atoms with Crippen LogP contribution < -0.4 is 21.1 Å². The summed E-state index contributed by atoms with van der Waals surface area (Å²) < 4.78 is 1.49. The number of anilines is 1. The summed E-state index contributed by atoms with van der Waals surface area (Å²) in [5.41, 5.74) is 2.24. The lowest BCUT2D eigenvalue weighted by Gasteiger charge is -2.33. The summed E-state index contributed by atoms with van der Waals surface area (Å²) in [5, 5.41) is 6.84. The largest absolute Gasteiger partial charge is 0.369 e. The standard InChI is InChI=1S/C24H29N5O2/c1-16(2)26-22(30)15-29-23(18-7-5-4-6-8-18)27-21-10-9-19(13-20(21)24(29)31)28-12-11-25-17(3)14-28/h4-10,13,16-17,25H,11-12,14-15H2,1-3H3,(H,26,30). The molecule has 1 aliphatic heterocycles. The zero-order chi connectivity index (χ0) is 22.0. The minimum Gasteiger partial charge on any atom is -0.369 e. The minimum atomic E-state index is -0.206. The molecule has 2 heterocycles. The molecule has 4 rings (SSSR count). The van der Waals surface area contributed by atoms with E-state index in [2.05, 4.69) is 22.5 Å². The van der Waals surface area contributed by atoms with E-state index >= 15 is 0 Å². The number of rotatable bonds is 5. The highest BCUT2D eigenvalue weighted by atomic mass is 16.2. The molecule has 0 saturated carbocycles. The van der Waals surface area contributed by atoms with Crippen LogP contribution in [0.5, 0.6) is 0 Å². The Morgan fingerprint density at radius 2 is 2.00 bits per heavy atom. The topological polar surface area (TPSA) is 79.3 Å². The maximum atomic E-state index is 13.6. The molecule has 1 aliphatic rings. The lowest BCUT2D eigenvalue weighted by atomic mass is 10.1. The number of carbonyl (C=O) groups is 1. The first-order valence-electron chi connectivity index (χ1n) is 10.8. The van der Waals surface area contributed by atoms with E-state index < -0.39 is 0 Å². The highest BCUT2D eigenvalue weighted by molar-refractivity contribution is 5.84. The van der Waals surface area contributed by atoms with Crippen molar-refractivity contribution >= 4 is 22.5 Å². The lowest BCUT2D eigenvalue weighted by molar-refractivity contribution is -0.122. The third-order valence-electron chi connectivity index (χ3n) is 5.46. The van der Waals surface area contributed by atoms with Gasteiger partial charge in [0.25, 0.3) is 5.56 Å². The molecular weight excluding hydrogens is 390 g/mol. The van der Waals surface area contributed by atoms with E-state index in [9.17, 15) is 9.59 Å². The summed E-state index contributed by atoms with van der Waals surface area (Å²) in [7, 11) is 0. The Balaban J connectivity index is 1.82. The number of nitrogens with one attached hydrogen (secondary N) is 2. The molecule has 31 heavy (non-hydrogen) atoms. The number of aromatic nitrogens is 2. The van der Waals surface area contributed by atoms with Crippen LogP contribution in [0.3, 0.4) is 0 Å². The summed E-state index contributed by atoms with van der Waals surface area (Å²) in [6.45, 7) is 8.56. The Morgan fingerprint density at radius 3 is 2.71 bits per heavy atom. The van der Waals surface area contributed by atoms with E-state index in [1.807, 2.05) is 62.4 Å². The van der Waals surface area contributed by atoms with Crippen molar-refractivity contribution in [3.8, 4) is 11.4 Å². The van der Waals surface area contributed by atoms with Gasteiger partial charge in [0.05, 0.1) is 10.9 Å². The molecule has 1 fully saturated rings. The van der Waals surface area contributed by atoms with Crippen molar-refractivity contribution in [1.29, 1.82) is 0 Å². The fourth-order valence-corrected chi connectivity index (χ4v) is 4.04. The first-order valence-corrected chi connectivity index (χ1v) is 10.8. The van der Waals surface area contributed by atoms with Gasteiger partial charge >= 0.3 is 0 Å². The van der Waals surface area contributed by atoms with E-state index in [0.717, 1.165) is 30.9 Å². The molecule has 0 spiro atoms. The third kappa shape index (κ3) is 4.61. The van der Waals surface area contributed by atoms with Crippen molar-refractivity contribution in [2.75, 3.05) is 24.5 Å². The molecule has 1 atom stereocenters. The van der Waals surface area contributed by atoms with Crippen molar-refractivity contribution in [2.45, 2.75) is 39.4 Å². The van der Waals surface area contributed by atoms with Crippen LogP contribution in [0.15, 0.2) is 53.3 Å². The van der Waals surface area contributed by atoms with E-state index in [4.69, 9.17) is 4.98 Å². The third-order valence-corrected chi connectivity index (χ3v) is 5.46. The molecule has 0 radical (unpaired) electrons. The first-order chi connectivity index (χ1) is 14.9. The number of amides is 1. The average molecular weight is 420 g/mol. The molecule has 1 unspecified atom stereocenters. The molecular formula is C24H29N5O2. The van der Waals surface area contributed by atoms with Crippen molar-refractivity contribution in [1.82, 2.24) is 20.2 Å². The van der Waals surface area contributed by atoms with Gasteiger partial charge in [0.15, 0.2) is 0 Å². The Kier molecular flexibility index (Phi) is 6.04. The van der Waals surface area contributed by atoms with Crippen LogP contribution in [0.25, 0.3) is 22.3 Å². The molecule has 0 aliphatic carbocycles. The van der Waals surface area contributed by atoms with Gasteiger partial charge in [0.2, 0.25) is 5.91 Å². The van der Waals surface area contributed by atoms with Crippen molar-refractivity contribution in [3.05, 3.63) is 58.9 Å². The van der Waals surface area contributed by atoms with Gasteiger partial charge in [0.1, 0.15) is 12.4 Å². The van der Waals surface area contributed by atoms with E-state index in [-0.39, 0.29) is 24.1 Å². The molecule has 3 aromatic rings. The molecule has 2 N–H and O–H groups in total. The summed E-state index contributed by atoms with van der Waals surface area (Å²) in [6.07, 6.45) is 0. The van der Waals surface area contributed by atoms with Crippen molar-refractivity contribution in [3.63, 3.8) is 0 Å². The van der Waals surface area contributed by atoms with Crippen LogP contribution >= 0.6 is 0 Å². The number of hydrogen-bond acceptors (Lipinski definition) is 5. The van der Waals surface area contributed by atoms with E-state index in [0.29, 0.717) is 22.8 Å². The Labute approximate surface area is 182 Å². The van der Waals surface area contributed by atoms with Gasteiger partial charge in [-0.25, -0.2) is 4.98 Å². The number of benzene rings is 2. The highest BCUT2D eigenvalue weighted by Gasteiger charge is 2.19. The maximum absolute atomic E-state index is 13.6. The molecule has 1 saturated heterocycles. The molecule has 2 aromatic carbocycles. The van der Waals surface area contributed by atoms with Gasteiger partial charge in [-0.2, -0.15) is 0 Å². The summed E-state index contributed by atoms with van der Waals surface area (Å²) in [4.78, 5) is 33.2. The minimum absolute atomic E-state index is 0.00176. The van der Waals surface area contributed by atoms with Gasteiger partial charge < -0.3 is 15.5 Å². The molecule has 1 amide bonds. The first kappa shape index (κ1) is 21.1. The van der Waals surface area contributed by atoms with Crippen molar-refractivity contribution in [2.24, 2.45) is 0 Å². The van der Waals surface area contributed by atoms with E-state index in [1.165, 1.54) is 4.57 Å². The number of carbonyl (C=O) groups excluding carboxylic acids is 1. The predicted molar refractivity (Wildman–Crippen MR) is 124 cm³/mol. The van der Waals surface area contributed by atoms with Crippen LogP contribution in [-0.2, 0) is 11.3 Å². The Bertz CT molecular complexity index is 1140. The quantitative estimate of drug-likeness (QED) is 0.664. The molecule has 7 heteroatoms. The highest BCUT2D eigenvalue weighted by Crippen LogP contribution is 2.23. The maximum Gasteiger partial charge on any atom is 0.262 e. The van der Waals surface area contributed by atoms with Gasteiger partial charge in [-0.15, -0.1) is 0 Å². The molecule has 1 aromatic heterocycles. The monoisotopic (exact) mass is 419 g/mol. The SMILES string of the molecule is CC(C)NC(=O)Cn1c(-c2ccccc2)nc2ccc(N3CCNC(C)C3)cc2c1=O. The van der Waals surface area contributed by atoms with Crippen LogP contribution in [-0.4, -0.2) is 47.2 Å². The zero-order valence-corrected chi connectivity index (χ0v) is 18.3. The van der Waals surface area contributed by atoms with Crippen molar-refractivity contribution < 1.29 is 4.79 Å². The second kappa shape index (κ2) is 8.89.